The van der Waals surface area contributed by atoms with Crippen molar-refractivity contribution in [2.45, 2.75) is 26.0 Å². The van der Waals surface area contributed by atoms with Crippen molar-refractivity contribution in [1.29, 1.82) is 0 Å². The minimum atomic E-state index is -0.752. The SMILES string of the molecule is COc1ccc(C2/C(=C(/O)c3ccc(OC)c(Br)c3)C(=O)C(=O)N2CCOC(C)C)cc1. The number of Topliss-reactive ketones (excluding diaryl/α,β-unsaturated/α-hetero) is 1. The van der Waals surface area contributed by atoms with Crippen LogP contribution in [0.15, 0.2) is 52.5 Å². The van der Waals surface area contributed by atoms with Crippen LogP contribution in [-0.2, 0) is 14.3 Å². The van der Waals surface area contributed by atoms with Gasteiger partial charge in [-0.15, -0.1) is 0 Å². The number of hydrogen-bond donors (Lipinski definition) is 1. The number of aliphatic hydroxyl groups excluding tert-OH is 1. The number of carbonyl (C=O) groups excluding carboxylic acids is 2. The molecule has 1 fully saturated rings. The molecule has 0 aliphatic carbocycles. The minimum Gasteiger partial charge on any atom is -0.507 e. The highest BCUT2D eigenvalue weighted by Gasteiger charge is 2.46. The predicted octanol–water partition coefficient (Wildman–Crippen LogP) is 4.31. The van der Waals surface area contributed by atoms with Gasteiger partial charge in [-0.2, -0.15) is 0 Å². The fourth-order valence-corrected chi connectivity index (χ4v) is 4.14. The molecule has 170 valence electrons. The molecular weight excluding hydrogens is 478 g/mol. The van der Waals surface area contributed by atoms with E-state index in [-0.39, 0.29) is 30.6 Å². The van der Waals surface area contributed by atoms with Gasteiger partial charge in [0, 0.05) is 12.1 Å². The third-order valence-electron chi connectivity index (χ3n) is 5.18. The lowest BCUT2D eigenvalue weighted by Gasteiger charge is -2.25. The third-order valence-corrected chi connectivity index (χ3v) is 5.80. The first-order valence-corrected chi connectivity index (χ1v) is 11.0. The quantitative estimate of drug-likeness (QED) is 0.328. The maximum Gasteiger partial charge on any atom is 0.295 e. The number of ketones is 1. The fraction of sp³-hybridized carbons (Fsp3) is 0.333. The van der Waals surface area contributed by atoms with E-state index < -0.39 is 17.7 Å². The number of aliphatic hydroxyl groups is 1. The van der Waals surface area contributed by atoms with Crippen LogP contribution in [0.5, 0.6) is 11.5 Å². The zero-order valence-electron chi connectivity index (χ0n) is 18.4. The molecule has 1 amide bonds. The molecule has 32 heavy (non-hydrogen) atoms. The number of methoxy groups -OCH3 is 2. The number of hydrogen-bond acceptors (Lipinski definition) is 6. The number of nitrogens with zero attached hydrogens (tertiary/aromatic N) is 1. The van der Waals surface area contributed by atoms with Crippen LogP contribution in [0, 0.1) is 0 Å². The normalized spacial score (nSPS) is 17.8. The van der Waals surface area contributed by atoms with Gasteiger partial charge in [-0.05, 0) is 65.7 Å². The van der Waals surface area contributed by atoms with Crippen LogP contribution in [0.2, 0.25) is 0 Å². The van der Waals surface area contributed by atoms with E-state index in [9.17, 15) is 14.7 Å². The van der Waals surface area contributed by atoms with Crippen molar-refractivity contribution >= 4 is 33.4 Å². The van der Waals surface area contributed by atoms with Crippen LogP contribution in [0.1, 0.15) is 31.0 Å². The van der Waals surface area contributed by atoms with Gasteiger partial charge in [0.2, 0.25) is 0 Å². The Balaban J connectivity index is 2.10. The first-order valence-electron chi connectivity index (χ1n) is 10.2. The summed E-state index contributed by atoms with van der Waals surface area (Å²) in [6.45, 7) is 4.28. The van der Waals surface area contributed by atoms with E-state index in [0.717, 1.165) is 0 Å². The standard InChI is InChI=1S/C24H26BrNO6/c1-14(2)32-12-11-26-21(15-5-8-17(30-3)9-6-15)20(23(28)24(26)29)22(27)16-7-10-19(31-4)18(25)13-16/h5-10,13-14,21,27H,11-12H2,1-4H3/b22-20-. The first-order chi connectivity index (χ1) is 15.3. The summed E-state index contributed by atoms with van der Waals surface area (Å²) >= 11 is 3.40. The van der Waals surface area contributed by atoms with Crippen LogP contribution >= 0.6 is 15.9 Å². The molecule has 2 aromatic rings. The van der Waals surface area contributed by atoms with Crippen molar-refractivity contribution < 1.29 is 28.9 Å². The summed E-state index contributed by atoms with van der Waals surface area (Å²) in [6, 6.07) is 11.3. The first kappa shape index (κ1) is 23.8. The lowest BCUT2D eigenvalue weighted by Crippen LogP contribution is -2.33. The van der Waals surface area contributed by atoms with Crippen LogP contribution < -0.4 is 9.47 Å². The Morgan fingerprint density at radius 3 is 2.34 bits per heavy atom. The fourth-order valence-electron chi connectivity index (χ4n) is 3.60. The zero-order valence-corrected chi connectivity index (χ0v) is 20.0. The molecule has 1 aliphatic heterocycles. The second kappa shape index (κ2) is 10.2. The maximum absolute atomic E-state index is 13.0. The lowest BCUT2D eigenvalue weighted by atomic mass is 9.95. The molecule has 1 unspecified atom stereocenters. The predicted molar refractivity (Wildman–Crippen MR) is 124 cm³/mol. The van der Waals surface area contributed by atoms with Crippen molar-refractivity contribution in [3.63, 3.8) is 0 Å². The van der Waals surface area contributed by atoms with Gasteiger partial charge in [0.15, 0.2) is 0 Å². The number of halogens is 1. The van der Waals surface area contributed by atoms with Crippen LogP contribution in [-0.4, -0.2) is 55.2 Å². The van der Waals surface area contributed by atoms with Gasteiger partial charge in [0.1, 0.15) is 17.3 Å². The minimum absolute atomic E-state index is 0.0112. The highest BCUT2D eigenvalue weighted by atomic mass is 79.9. The molecule has 1 heterocycles. The van der Waals surface area contributed by atoms with Crippen LogP contribution in [0.4, 0.5) is 0 Å². The molecule has 0 saturated carbocycles. The number of carbonyl (C=O) groups is 2. The Bertz CT molecular complexity index is 1030. The van der Waals surface area contributed by atoms with Gasteiger partial charge in [-0.3, -0.25) is 9.59 Å². The Hall–Kier alpha value is -2.84. The Morgan fingerprint density at radius 2 is 1.78 bits per heavy atom. The monoisotopic (exact) mass is 503 g/mol. The Morgan fingerprint density at radius 1 is 1.09 bits per heavy atom. The molecule has 1 saturated heterocycles. The van der Waals surface area contributed by atoms with Crippen molar-refractivity contribution in [3.05, 3.63) is 63.6 Å². The number of rotatable bonds is 8. The summed E-state index contributed by atoms with van der Waals surface area (Å²) in [6.07, 6.45) is -0.0112. The summed E-state index contributed by atoms with van der Waals surface area (Å²) in [5, 5.41) is 11.1. The molecule has 1 N–H and O–H groups in total. The summed E-state index contributed by atoms with van der Waals surface area (Å²) in [5.74, 6) is -0.431. The highest BCUT2D eigenvalue weighted by Crippen LogP contribution is 2.40. The molecule has 0 radical (unpaired) electrons. The number of amides is 1. The molecule has 0 aromatic heterocycles. The van der Waals surface area contributed by atoms with E-state index in [1.165, 1.54) is 12.0 Å². The van der Waals surface area contributed by atoms with Gasteiger partial charge in [0.25, 0.3) is 11.7 Å². The van der Waals surface area contributed by atoms with E-state index in [2.05, 4.69) is 15.9 Å². The molecule has 3 rings (SSSR count). The largest absolute Gasteiger partial charge is 0.507 e. The molecule has 0 bridgehead atoms. The molecule has 8 heteroatoms. The Kier molecular flexibility index (Phi) is 7.58. The number of benzene rings is 2. The van der Waals surface area contributed by atoms with Crippen molar-refractivity contribution in [2.75, 3.05) is 27.4 Å². The summed E-state index contributed by atoms with van der Waals surface area (Å²) < 4.78 is 16.7. The van der Waals surface area contributed by atoms with E-state index in [1.807, 2.05) is 13.8 Å². The van der Waals surface area contributed by atoms with Gasteiger partial charge in [-0.1, -0.05) is 12.1 Å². The van der Waals surface area contributed by atoms with E-state index in [4.69, 9.17) is 14.2 Å². The van der Waals surface area contributed by atoms with E-state index in [0.29, 0.717) is 27.1 Å². The average molecular weight is 504 g/mol. The maximum atomic E-state index is 13.0. The summed E-state index contributed by atoms with van der Waals surface area (Å²) in [5.41, 5.74) is 1.11. The highest BCUT2D eigenvalue weighted by molar-refractivity contribution is 9.10. The van der Waals surface area contributed by atoms with Crippen molar-refractivity contribution in [3.8, 4) is 11.5 Å². The van der Waals surface area contributed by atoms with Crippen molar-refractivity contribution in [2.24, 2.45) is 0 Å². The zero-order chi connectivity index (χ0) is 23.4. The second-order valence-electron chi connectivity index (χ2n) is 7.53. The number of ether oxygens (including phenoxy) is 3. The van der Waals surface area contributed by atoms with Gasteiger partial charge in [-0.25, -0.2) is 0 Å². The molecule has 2 aromatic carbocycles. The third kappa shape index (κ3) is 4.81. The van der Waals surface area contributed by atoms with Gasteiger partial charge < -0.3 is 24.2 Å². The average Bonchev–Trinajstić information content (AvgIpc) is 3.03. The second-order valence-corrected chi connectivity index (χ2v) is 8.39. The number of likely N-dealkylation sites (tertiary alicyclic amines) is 1. The molecule has 7 nitrogen and oxygen atoms in total. The van der Waals surface area contributed by atoms with E-state index >= 15 is 0 Å². The van der Waals surface area contributed by atoms with Gasteiger partial charge >= 0.3 is 0 Å². The topological polar surface area (TPSA) is 85.3 Å². The molecule has 0 spiro atoms. The van der Waals surface area contributed by atoms with Crippen LogP contribution in [0.3, 0.4) is 0 Å². The van der Waals surface area contributed by atoms with E-state index in [1.54, 1.807) is 49.6 Å². The smallest absolute Gasteiger partial charge is 0.295 e. The van der Waals surface area contributed by atoms with Crippen molar-refractivity contribution in [1.82, 2.24) is 4.90 Å². The molecule has 1 aliphatic rings. The van der Waals surface area contributed by atoms with Crippen LogP contribution in [0.25, 0.3) is 5.76 Å². The summed E-state index contributed by atoms with van der Waals surface area (Å²) in [7, 11) is 3.10. The van der Waals surface area contributed by atoms with Gasteiger partial charge in [0.05, 0.1) is 43.0 Å². The molecular formula is C24H26BrNO6. The molecule has 1 atom stereocenters. The summed E-state index contributed by atoms with van der Waals surface area (Å²) in [4.78, 5) is 27.4. The Labute approximate surface area is 195 Å². The lowest BCUT2D eigenvalue weighted by molar-refractivity contribution is -0.140.